The number of carbonyl (C=O) groups is 3. The number of carbonyl (C=O) groups excluding carboxylic acids is 3. The van der Waals surface area contributed by atoms with Gasteiger partial charge in [-0.1, -0.05) is 18.2 Å². The van der Waals surface area contributed by atoms with Gasteiger partial charge in [0.1, 0.15) is 11.8 Å². The summed E-state index contributed by atoms with van der Waals surface area (Å²) in [5, 5.41) is 10.9. The fraction of sp³-hybridized carbons (Fsp3) is 0.500. The van der Waals surface area contributed by atoms with E-state index in [0.717, 1.165) is 24.5 Å². The number of phenolic OH excluding ortho intramolecular Hbond substituents is 1. The van der Waals surface area contributed by atoms with Crippen LogP contribution in [0.3, 0.4) is 0 Å². The highest BCUT2D eigenvalue weighted by Gasteiger charge is 2.37. The van der Waals surface area contributed by atoms with E-state index in [0.29, 0.717) is 42.8 Å². The Morgan fingerprint density at radius 1 is 1.18 bits per heavy atom. The molecule has 0 unspecified atom stereocenters. The van der Waals surface area contributed by atoms with Crippen LogP contribution in [0, 0.1) is 5.82 Å². The molecule has 4 rings (SSSR count). The van der Waals surface area contributed by atoms with Crippen LogP contribution in [0.1, 0.15) is 25.1 Å². The van der Waals surface area contributed by atoms with Crippen molar-refractivity contribution in [2.45, 2.75) is 44.9 Å². The molecule has 244 valence electrons. The van der Waals surface area contributed by atoms with Crippen LogP contribution in [0.5, 0.6) is 5.75 Å². The third-order valence-electron chi connectivity index (χ3n) is 8.69. The molecule has 1 aromatic heterocycles. The van der Waals surface area contributed by atoms with E-state index in [1.807, 2.05) is 4.90 Å². The number of imide groups is 1. The van der Waals surface area contributed by atoms with Crippen LogP contribution in [-0.4, -0.2) is 130 Å². The number of hydrazine groups is 1. The van der Waals surface area contributed by atoms with Crippen LogP contribution < -0.4 is 10.7 Å². The molecule has 0 radical (unpaired) electrons. The molecule has 3 N–H and O–H groups in total. The van der Waals surface area contributed by atoms with Crippen LogP contribution in [-0.2, 0) is 27.3 Å². The first-order chi connectivity index (χ1) is 21.5. The predicted octanol–water partition coefficient (Wildman–Crippen LogP) is 1.06. The molecule has 0 saturated carbocycles. The van der Waals surface area contributed by atoms with Gasteiger partial charge in [-0.2, -0.15) is 0 Å². The van der Waals surface area contributed by atoms with Crippen LogP contribution >= 0.6 is 0 Å². The van der Waals surface area contributed by atoms with Gasteiger partial charge in [0.25, 0.3) is 0 Å². The van der Waals surface area contributed by atoms with E-state index in [1.165, 1.54) is 34.2 Å². The van der Waals surface area contributed by atoms with Crippen LogP contribution in [0.15, 0.2) is 49.1 Å². The molecule has 2 saturated heterocycles. The lowest BCUT2D eigenvalue weighted by Gasteiger charge is -2.49. The minimum atomic E-state index is -1.18. The van der Waals surface area contributed by atoms with Crippen molar-refractivity contribution in [1.82, 2.24) is 29.6 Å². The first-order valence-electron chi connectivity index (χ1n) is 15.3. The Balaban J connectivity index is 1.50. The van der Waals surface area contributed by atoms with Gasteiger partial charge in [-0.15, -0.1) is 6.58 Å². The molecule has 2 atom stereocenters. The minimum absolute atomic E-state index is 0.0221. The van der Waals surface area contributed by atoms with Gasteiger partial charge in [0.05, 0.1) is 18.8 Å². The highest BCUT2D eigenvalue weighted by atomic mass is 19.1. The molecule has 2 aliphatic heterocycles. The Kier molecular flexibility index (Phi) is 11.6. The SMILES string of the molecule is C=CCN(N)CC(=O)N(C=O)[C@@H](Cc1ccc(O)cc1)C(=O)N(CC)Cc1ccc(F)c(N2CC(N3CCN(C)[C@H](C)C3)C2)n1. The van der Waals surface area contributed by atoms with Gasteiger partial charge in [-0.3, -0.25) is 30.0 Å². The highest BCUT2D eigenvalue weighted by Crippen LogP contribution is 2.27. The molecule has 3 amide bonds. The zero-order chi connectivity index (χ0) is 32.7. The maximum absolute atomic E-state index is 15.0. The lowest BCUT2D eigenvalue weighted by atomic mass is 10.0. The molecule has 45 heavy (non-hydrogen) atoms. The molecular formula is C32H45FN8O4. The zero-order valence-corrected chi connectivity index (χ0v) is 26.4. The summed E-state index contributed by atoms with van der Waals surface area (Å²) in [5.74, 6) is 4.63. The molecule has 2 aromatic rings. The Hall–Kier alpha value is -3.91. The number of piperazine rings is 1. The number of nitrogens with zero attached hydrogens (tertiary/aromatic N) is 7. The van der Waals surface area contributed by atoms with E-state index in [4.69, 9.17) is 5.84 Å². The van der Waals surface area contributed by atoms with E-state index in [-0.39, 0.29) is 44.2 Å². The number of pyridine rings is 1. The number of hydrogen-bond acceptors (Lipinski definition) is 10. The van der Waals surface area contributed by atoms with Gasteiger partial charge < -0.3 is 19.8 Å². The second-order valence-electron chi connectivity index (χ2n) is 11.9. The number of likely N-dealkylation sites (N-methyl/N-ethyl adjacent to an activating group) is 2. The van der Waals surface area contributed by atoms with Crippen LogP contribution in [0.25, 0.3) is 0 Å². The summed E-state index contributed by atoms with van der Waals surface area (Å²) in [6.45, 7) is 12.1. The standard InChI is InChI=1S/C32H45FN8O4/c1-5-13-40(34)21-30(44)41(22-42)29(16-24-7-10-27(43)11-8-24)32(45)37(6-2)18-25-9-12-28(33)31(35-25)39-19-26(20-39)38-15-14-36(4)23(3)17-38/h5,7-12,22-23,26,29,43H,1,6,13-21,34H2,2-4H3/t23-,29+/m1/s1. The van der Waals surface area contributed by atoms with Gasteiger partial charge in [0.2, 0.25) is 18.2 Å². The molecule has 0 spiro atoms. The predicted molar refractivity (Wildman–Crippen MR) is 169 cm³/mol. The van der Waals surface area contributed by atoms with Gasteiger partial charge in [0.15, 0.2) is 11.6 Å². The fourth-order valence-corrected chi connectivity index (χ4v) is 5.75. The quantitative estimate of drug-likeness (QED) is 0.136. The molecule has 0 aliphatic carbocycles. The normalized spacial score (nSPS) is 18.4. The zero-order valence-electron chi connectivity index (χ0n) is 26.4. The van der Waals surface area contributed by atoms with E-state index >= 15 is 0 Å². The summed E-state index contributed by atoms with van der Waals surface area (Å²) in [6, 6.07) is 8.74. The van der Waals surface area contributed by atoms with Crippen molar-refractivity contribution in [1.29, 1.82) is 0 Å². The molecule has 2 fully saturated rings. The lowest BCUT2D eigenvalue weighted by molar-refractivity contribution is -0.151. The smallest absolute Gasteiger partial charge is 0.246 e. The Morgan fingerprint density at radius 3 is 2.51 bits per heavy atom. The maximum Gasteiger partial charge on any atom is 0.246 e. The van der Waals surface area contributed by atoms with Gasteiger partial charge in [0, 0.05) is 64.3 Å². The largest absolute Gasteiger partial charge is 0.508 e. The summed E-state index contributed by atoms with van der Waals surface area (Å²) in [5.41, 5.74) is 1.13. The summed E-state index contributed by atoms with van der Waals surface area (Å²) in [4.78, 5) is 53.1. The van der Waals surface area contributed by atoms with Crippen molar-refractivity contribution in [2.24, 2.45) is 5.84 Å². The number of hydrogen-bond donors (Lipinski definition) is 2. The minimum Gasteiger partial charge on any atom is -0.508 e. The molecule has 12 nitrogen and oxygen atoms in total. The Morgan fingerprint density at radius 2 is 1.89 bits per heavy atom. The monoisotopic (exact) mass is 624 g/mol. The third kappa shape index (κ3) is 8.42. The van der Waals surface area contributed by atoms with E-state index in [2.05, 4.69) is 35.3 Å². The number of benzene rings is 1. The van der Waals surface area contributed by atoms with E-state index in [1.54, 1.807) is 25.1 Å². The second kappa shape index (κ2) is 15.4. The molecule has 0 bridgehead atoms. The van der Waals surface area contributed by atoms with Crippen molar-refractivity contribution in [2.75, 3.05) is 64.3 Å². The number of halogens is 1. The second-order valence-corrected chi connectivity index (χ2v) is 11.9. The van der Waals surface area contributed by atoms with Crippen molar-refractivity contribution < 1.29 is 23.9 Å². The number of anilines is 1. The van der Waals surface area contributed by atoms with Gasteiger partial charge in [-0.25, -0.2) is 14.4 Å². The average Bonchev–Trinajstić information content (AvgIpc) is 2.99. The first kappa shape index (κ1) is 34.0. The van der Waals surface area contributed by atoms with Crippen LogP contribution in [0.4, 0.5) is 10.2 Å². The first-order valence-corrected chi connectivity index (χ1v) is 15.3. The third-order valence-corrected chi connectivity index (χ3v) is 8.69. The summed E-state index contributed by atoms with van der Waals surface area (Å²) < 4.78 is 15.0. The summed E-state index contributed by atoms with van der Waals surface area (Å²) >= 11 is 0. The van der Waals surface area contributed by atoms with Crippen molar-refractivity contribution in [3.8, 4) is 5.75 Å². The number of aromatic nitrogens is 1. The number of rotatable bonds is 14. The summed E-state index contributed by atoms with van der Waals surface area (Å²) in [6.07, 6.45) is 1.89. The number of amides is 3. The Labute approximate surface area is 264 Å². The van der Waals surface area contributed by atoms with Gasteiger partial charge in [-0.05, 0) is 50.7 Å². The number of aromatic hydroxyl groups is 1. The number of phenols is 1. The highest BCUT2D eigenvalue weighted by molar-refractivity contribution is 5.95. The van der Waals surface area contributed by atoms with Crippen molar-refractivity contribution >= 4 is 24.0 Å². The number of nitrogens with two attached hydrogens (primary N) is 1. The van der Waals surface area contributed by atoms with Gasteiger partial charge >= 0.3 is 0 Å². The lowest BCUT2D eigenvalue weighted by Crippen LogP contribution is -2.64. The fourth-order valence-electron chi connectivity index (χ4n) is 5.75. The summed E-state index contributed by atoms with van der Waals surface area (Å²) in [7, 11) is 2.13. The van der Waals surface area contributed by atoms with Crippen molar-refractivity contribution in [3.05, 3.63) is 66.1 Å². The maximum atomic E-state index is 15.0. The molecule has 1 aromatic carbocycles. The average molecular weight is 625 g/mol. The van der Waals surface area contributed by atoms with E-state index < -0.39 is 23.7 Å². The molecule has 13 heteroatoms. The van der Waals surface area contributed by atoms with Crippen LogP contribution in [0.2, 0.25) is 0 Å². The van der Waals surface area contributed by atoms with Crippen molar-refractivity contribution in [3.63, 3.8) is 0 Å². The molecule has 2 aliphatic rings. The molecule has 3 heterocycles. The Bertz CT molecular complexity index is 1340. The topological polar surface area (TPSA) is 130 Å². The van der Waals surface area contributed by atoms with E-state index in [9.17, 15) is 23.9 Å². The molecular weight excluding hydrogens is 579 g/mol.